The van der Waals surface area contributed by atoms with Gasteiger partial charge in [-0.3, -0.25) is 0 Å². The molecule has 0 radical (unpaired) electrons. The van der Waals surface area contributed by atoms with Gasteiger partial charge in [-0.1, -0.05) is 25.6 Å². The highest BCUT2D eigenvalue weighted by atomic mass is 127. The van der Waals surface area contributed by atoms with E-state index in [0.717, 1.165) is 5.56 Å². The van der Waals surface area contributed by atoms with Crippen LogP contribution < -0.4 is 5.73 Å². The number of halogens is 1. The van der Waals surface area contributed by atoms with E-state index in [-0.39, 0.29) is 0 Å². The molecule has 1 nitrogen and oxygen atoms in total. The third-order valence-electron chi connectivity index (χ3n) is 2.65. The van der Waals surface area contributed by atoms with E-state index < -0.39 is 8.07 Å². The summed E-state index contributed by atoms with van der Waals surface area (Å²) in [6.45, 7) is 11.6. The molecule has 3 heteroatoms. The largest absolute Gasteiger partial charge is 0.326 e. The fraction of sp³-hybridized carbons (Fsp3) is 0.429. The Kier molecular flexibility index (Phi) is 4.82. The fourth-order valence-corrected chi connectivity index (χ4v) is 2.67. The standard InChI is InChI=1S/C14H20INSi/c1-10-12(6-7-17(3,4)5)8-13(9-16)11(2)14(10)15/h8H,9,16H2,1-5H3. The zero-order valence-electron chi connectivity index (χ0n) is 11.2. The summed E-state index contributed by atoms with van der Waals surface area (Å²) < 4.78 is 1.30. The van der Waals surface area contributed by atoms with Crippen molar-refractivity contribution in [2.75, 3.05) is 0 Å². The summed E-state index contributed by atoms with van der Waals surface area (Å²) in [5, 5.41) is 0. The van der Waals surface area contributed by atoms with Crippen LogP contribution >= 0.6 is 22.6 Å². The smallest absolute Gasteiger partial charge is 0.129 e. The first kappa shape index (κ1) is 14.7. The van der Waals surface area contributed by atoms with Crippen LogP contribution in [0.2, 0.25) is 19.6 Å². The molecular formula is C14H20INSi. The van der Waals surface area contributed by atoms with Gasteiger partial charge in [0.05, 0.1) is 0 Å². The van der Waals surface area contributed by atoms with E-state index in [1.807, 2.05) is 0 Å². The Morgan fingerprint density at radius 3 is 2.29 bits per heavy atom. The van der Waals surface area contributed by atoms with Gasteiger partial charge in [0.1, 0.15) is 8.07 Å². The SMILES string of the molecule is Cc1c(C#C[Si](C)(C)C)cc(CN)c(C)c1I. The zero-order chi connectivity index (χ0) is 13.2. The van der Waals surface area contributed by atoms with E-state index in [2.05, 4.69) is 73.6 Å². The molecule has 0 amide bonds. The monoisotopic (exact) mass is 357 g/mol. The van der Waals surface area contributed by atoms with Gasteiger partial charge >= 0.3 is 0 Å². The Bertz CT molecular complexity index is 490. The van der Waals surface area contributed by atoms with Gasteiger partial charge < -0.3 is 5.73 Å². The Balaban J connectivity index is 3.34. The van der Waals surface area contributed by atoms with Gasteiger partial charge in [-0.2, -0.15) is 0 Å². The molecule has 17 heavy (non-hydrogen) atoms. The predicted octanol–water partition coefficient (Wildman–Crippen LogP) is 3.60. The van der Waals surface area contributed by atoms with E-state index in [4.69, 9.17) is 5.73 Å². The molecule has 0 heterocycles. The summed E-state index contributed by atoms with van der Waals surface area (Å²) in [7, 11) is -1.32. The Hall–Kier alpha value is -0.313. The molecule has 92 valence electrons. The van der Waals surface area contributed by atoms with Crippen molar-refractivity contribution in [2.24, 2.45) is 5.73 Å². The zero-order valence-corrected chi connectivity index (χ0v) is 14.4. The van der Waals surface area contributed by atoms with Crippen LogP contribution in [-0.4, -0.2) is 8.07 Å². The third kappa shape index (κ3) is 3.83. The van der Waals surface area contributed by atoms with Crippen molar-refractivity contribution in [3.8, 4) is 11.5 Å². The van der Waals surface area contributed by atoms with Crippen molar-refractivity contribution in [1.29, 1.82) is 0 Å². The molecule has 2 N–H and O–H groups in total. The molecule has 0 unspecified atom stereocenters. The lowest BCUT2D eigenvalue weighted by molar-refractivity contribution is 1.04. The van der Waals surface area contributed by atoms with Crippen molar-refractivity contribution in [1.82, 2.24) is 0 Å². The first-order valence-electron chi connectivity index (χ1n) is 5.78. The quantitative estimate of drug-likeness (QED) is 0.464. The van der Waals surface area contributed by atoms with Crippen molar-refractivity contribution >= 4 is 30.7 Å². The minimum absolute atomic E-state index is 0.587. The lowest BCUT2D eigenvalue weighted by Gasteiger charge is -2.11. The number of benzene rings is 1. The van der Waals surface area contributed by atoms with Gasteiger partial charge in [0.2, 0.25) is 0 Å². The van der Waals surface area contributed by atoms with Gasteiger partial charge in [0, 0.05) is 15.7 Å². The predicted molar refractivity (Wildman–Crippen MR) is 86.7 cm³/mol. The maximum atomic E-state index is 5.78. The molecule has 0 fully saturated rings. The summed E-state index contributed by atoms with van der Waals surface area (Å²) in [6, 6.07) is 2.15. The van der Waals surface area contributed by atoms with E-state index >= 15 is 0 Å². The van der Waals surface area contributed by atoms with Crippen LogP contribution in [0.25, 0.3) is 0 Å². The minimum atomic E-state index is -1.32. The first-order chi connectivity index (χ1) is 7.76. The highest BCUT2D eigenvalue weighted by molar-refractivity contribution is 14.1. The number of hydrogen-bond acceptors (Lipinski definition) is 1. The van der Waals surface area contributed by atoms with Crippen LogP contribution in [-0.2, 0) is 6.54 Å². The normalized spacial score (nSPS) is 11.0. The Morgan fingerprint density at radius 2 is 1.82 bits per heavy atom. The molecule has 0 spiro atoms. The average Bonchev–Trinajstić information content (AvgIpc) is 2.24. The molecule has 0 aliphatic rings. The molecule has 0 saturated carbocycles. The maximum Gasteiger partial charge on any atom is 0.129 e. The van der Waals surface area contributed by atoms with Crippen LogP contribution in [0, 0.1) is 28.9 Å². The van der Waals surface area contributed by atoms with Gasteiger partial charge in [0.25, 0.3) is 0 Å². The summed E-state index contributed by atoms with van der Waals surface area (Å²) in [5.74, 6) is 3.35. The van der Waals surface area contributed by atoms with E-state index in [1.165, 1.54) is 20.3 Å². The maximum absolute atomic E-state index is 5.78. The highest BCUT2D eigenvalue weighted by Gasteiger charge is 2.10. The molecule has 1 rings (SSSR count). The highest BCUT2D eigenvalue weighted by Crippen LogP contribution is 2.23. The van der Waals surface area contributed by atoms with Crippen LogP contribution in [0.15, 0.2) is 6.07 Å². The van der Waals surface area contributed by atoms with Crippen molar-refractivity contribution < 1.29 is 0 Å². The van der Waals surface area contributed by atoms with Crippen molar-refractivity contribution in [3.05, 3.63) is 31.9 Å². The Labute approximate surface area is 119 Å². The summed E-state index contributed by atoms with van der Waals surface area (Å²) in [5.41, 5.74) is 14.1. The first-order valence-corrected chi connectivity index (χ1v) is 10.4. The molecule has 1 aromatic carbocycles. The summed E-state index contributed by atoms with van der Waals surface area (Å²) in [4.78, 5) is 0. The van der Waals surface area contributed by atoms with Crippen LogP contribution in [0.1, 0.15) is 22.3 Å². The Morgan fingerprint density at radius 1 is 1.24 bits per heavy atom. The van der Waals surface area contributed by atoms with Crippen LogP contribution in [0.4, 0.5) is 0 Å². The third-order valence-corrected chi connectivity index (χ3v) is 5.15. The van der Waals surface area contributed by atoms with Crippen molar-refractivity contribution in [2.45, 2.75) is 40.0 Å². The lowest BCUT2D eigenvalue weighted by atomic mass is 10.0. The van der Waals surface area contributed by atoms with Gasteiger partial charge in [-0.25, -0.2) is 0 Å². The molecule has 0 bridgehead atoms. The summed E-state index contributed by atoms with van der Waals surface area (Å²) in [6.07, 6.45) is 0. The summed E-state index contributed by atoms with van der Waals surface area (Å²) >= 11 is 2.39. The van der Waals surface area contributed by atoms with Crippen molar-refractivity contribution in [3.63, 3.8) is 0 Å². The molecule has 0 aromatic heterocycles. The second-order valence-corrected chi connectivity index (χ2v) is 11.2. The van der Waals surface area contributed by atoms with Gasteiger partial charge in [-0.15, -0.1) is 5.54 Å². The van der Waals surface area contributed by atoms with Crippen LogP contribution in [0.3, 0.4) is 0 Å². The fourth-order valence-electron chi connectivity index (χ4n) is 1.53. The average molecular weight is 357 g/mol. The van der Waals surface area contributed by atoms with Gasteiger partial charge in [-0.05, 0) is 59.2 Å². The molecule has 0 aliphatic carbocycles. The molecule has 0 aliphatic heterocycles. The van der Waals surface area contributed by atoms with E-state index in [0.29, 0.717) is 6.54 Å². The second-order valence-electron chi connectivity index (χ2n) is 5.35. The number of rotatable bonds is 1. The lowest BCUT2D eigenvalue weighted by Crippen LogP contribution is -2.16. The van der Waals surface area contributed by atoms with Crippen LogP contribution in [0.5, 0.6) is 0 Å². The minimum Gasteiger partial charge on any atom is -0.326 e. The number of hydrogen-bond donors (Lipinski definition) is 1. The second kappa shape index (κ2) is 5.55. The van der Waals surface area contributed by atoms with Gasteiger partial charge in [0.15, 0.2) is 0 Å². The molecule has 0 atom stereocenters. The topological polar surface area (TPSA) is 26.0 Å². The number of nitrogens with two attached hydrogens (primary N) is 1. The molecule has 0 saturated heterocycles. The van der Waals surface area contributed by atoms with E-state index in [1.54, 1.807) is 0 Å². The molecular weight excluding hydrogens is 337 g/mol. The van der Waals surface area contributed by atoms with E-state index in [9.17, 15) is 0 Å². The molecule has 1 aromatic rings.